The minimum absolute atomic E-state index is 0.772. The first-order valence-electron chi connectivity index (χ1n) is 6.09. The van der Waals surface area contributed by atoms with Gasteiger partial charge in [0.05, 0.1) is 14.2 Å². The van der Waals surface area contributed by atoms with E-state index < -0.39 is 5.60 Å². The Balaban J connectivity index is 2.33. The Morgan fingerprint density at radius 2 is 1.05 bits per heavy atom. The molecule has 1 N–H and O–H groups in total. The quantitative estimate of drug-likeness (QED) is 0.916. The molecule has 0 aliphatic carbocycles. The van der Waals surface area contributed by atoms with E-state index in [1.807, 2.05) is 48.5 Å². The molecule has 0 aliphatic rings. The molecule has 2 aromatic carbocycles. The first-order valence-corrected chi connectivity index (χ1v) is 6.09. The van der Waals surface area contributed by atoms with Gasteiger partial charge in [0.1, 0.15) is 17.1 Å². The Morgan fingerprint density at radius 3 is 1.32 bits per heavy atom. The molecule has 2 aromatic rings. The molecule has 0 saturated heterocycles. The van der Waals surface area contributed by atoms with E-state index in [9.17, 15) is 5.11 Å². The van der Waals surface area contributed by atoms with Crippen molar-refractivity contribution in [3.8, 4) is 11.5 Å². The van der Waals surface area contributed by atoms with E-state index in [1.54, 1.807) is 21.1 Å². The van der Waals surface area contributed by atoms with Gasteiger partial charge in [-0.2, -0.15) is 0 Å². The van der Waals surface area contributed by atoms with Crippen LogP contribution in [0.4, 0.5) is 0 Å². The molecule has 2 rings (SSSR count). The monoisotopic (exact) mass is 258 g/mol. The minimum Gasteiger partial charge on any atom is -0.497 e. The molecule has 3 nitrogen and oxygen atoms in total. The second kappa shape index (κ2) is 5.33. The molecule has 3 heteroatoms. The summed E-state index contributed by atoms with van der Waals surface area (Å²) < 4.78 is 10.2. The molecule has 0 atom stereocenters. The lowest BCUT2D eigenvalue weighted by molar-refractivity contribution is 0.102. The van der Waals surface area contributed by atoms with Crippen molar-refractivity contribution >= 4 is 0 Å². The minimum atomic E-state index is -1.04. The molecule has 0 amide bonds. The van der Waals surface area contributed by atoms with Gasteiger partial charge in [-0.05, 0) is 42.3 Å². The summed E-state index contributed by atoms with van der Waals surface area (Å²) in [5, 5.41) is 10.7. The Bertz CT molecular complexity index is 477. The zero-order chi connectivity index (χ0) is 13.9. The predicted octanol–water partition coefficient (Wildman–Crippen LogP) is 2.96. The highest BCUT2D eigenvalue weighted by molar-refractivity contribution is 5.40. The zero-order valence-electron chi connectivity index (χ0n) is 11.4. The van der Waals surface area contributed by atoms with E-state index in [1.165, 1.54) is 0 Å². The third-order valence-electron chi connectivity index (χ3n) is 3.30. The van der Waals surface area contributed by atoms with E-state index in [-0.39, 0.29) is 0 Å². The average molecular weight is 258 g/mol. The number of hydrogen-bond donors (Lipinski definition) is 1. The lowest BCUT2D eigenvalue weighted by Crippen LogP contribution is -2.22. The third kappa shape index (κ3) is 2.71. The Morgan fingerprint density at radius 1 is 0.737 bits per heavy atom. The van der Waals surface area contributed by atoms with Crippen LogP contribution in [0.15, 0.2) is 48.5 Å². The highest BCUT2D eigenvalue weighted by atomic mass is 16.5. The SMILES string of the molecule is COc1ccc(C(C)(O)c2ccc(OC)cc2)cc1. The first-order chi connectivity index (χ1) is 9.07. The fraction of sp³-hybridized carbons (Fsp3) is 0.250. The third-order valence-corrected chi connectivity index (χ3v) is 3.30. The largest absolute Gasteiger partial charge is 0.497 e. The van der Waals surface area contributed by atoms with Crippen LogP contribution in [0.3, 0.4) is 0 Å². The van der Waals surface area contributed by atoms with Crippen LogP contribution in [-0.2, 0) is 5.60 Å². The fourth-order valence-electron chi connectivity index (χ4n) is 2.00. The van der Waals surface area contributed by atoms with Crippen LogP contribution in [0.5, 0.6) is 11.5 Å². The first kappa shape index (κ1) is 13.4. The highest BCUT2D eigenvalue weighted by Gasteiger charge is 2.25. The van der Waals surface area contributed by atoms with Crippen molar-refractivity contribution < 1.29 is 14.6 Å². The van der Waals surface area contributed by atoms with Gasteiger partial charge in [-0.15, -0.1) is 0 Å². The summed E-state index contributed by atoms with van der Waals surface area (Å²) in [4.78, 5) is 0. The maximum atomic E-state index is 10.7. The molecule has 0 aromatic heterocycles. The molecule has 100 valence electrons. The number of hydrogen-bond acceptors (Lipinski definition) is 3. The molecule has 0 fully saturated rings. The highest BCUT2D eigenvalue weighted by Crippen LogP contribution is 2.31. The Labute approximate surface area is 113 Å². The van der Waals surface area contributed by atoms with Crippen LogP contribution in [0.1, 0.15) is 18.1 Å². The lowest BCUT2D eigenvalue weighted by atomic mass is 9.88. The van der Waals surface area contributed by atoms with E-state index >= 15 is 0 Å². The maximum absolute atomic E-state index is 10.7. The molecule has 19 heavy (non-hydrogen) atoms. The summed E-state index contributed by atoms with van der Waals surface area (Å²) in [6, 6.07) is 14.8. The van der Waals surface area contributed by atoms with Crippen LogP contribution in [0.25, 0.3) is 0 Å². The standard InChI is InChI=1S/C16H18O3/c1-16(17,12-4-8-14(18-2)9-5-12)13-6-10-15(19-3)11-7-13/h4-11,17H,1-3H3. The van der Waals surface area contributed by atoms with Crippen molar-refractivity contribution in [2.45, 2.75) is 12.5 Å². The second-order valence-corrected chi connectivity index (χ2v) is 4.53. The average Bonchev–Trinajstić information content (AvgIpc) is 2.47. The van der Waals surface area contributed by atoms with Crippen LogP contribution in [0.2, 0.25) is 0 Å². The van der Waals surface area contributed by atoms with E-state index in [4.69, 9.17) is 9.47 Å². The summed E-state index contributed by atoms with van der Waals surface area (Å²) in [7, 11) is 3.24. The maximum Gasteiger partial charge on any atom is 0.118 e. The van der Waals surface area contributed by atoms with Gasteiger partial charge in [0.2, 0.25) is 0 Å². The summed E-state index contributed by atoms with van der Waals surface area (Å²) >= 11 is 0. The molecule has 0 spiro atoms. The summed E-state index contributed by atoms with van der Waals surface area (Å²) in [5.41, 5.74) is 0.593. The number of aliphatic hydroxyl groups is 1. The van der Waals surface area contributed by atoms with E-state index in [2.05, 4.69) is 0 Å². The smallest absolute Gasteiger partial charge is 0.118 e. The van der Waals surface area contributed by atoms with Crippen molar-refractivity contribution in [3.63, 3.8) is 0 Å². The molecule has 0 radical (unpaired) electrons. The fourth-order valence-corrected chi connectivity index (χ4v) is 2.00. The van der Waals surface area contributed by atoms with Gasteiger partial charge in [0.25, 0.3) is 0 Å². The Kier molecular flexibility index (Phi) is 3.76. The van der Waals surface area contributed by atoms with Gasteiger partial charge in [0.15, 0.2) is 0 Å². The molecular weight excluding hydrogens is 240 g/mol. The van der Waals surface area contributed by atoms with Crippen molar-refractivity contribution in [2.24, 2.45) is 0 Å². The van der Waals surface area contributed by atoms with Crippen molar-refractivity contribution in [1.29, 1.82) is 0 Å². The predicted molar refractivity (Wildman–Crippen MR) is 74.7 cm³/mol. The van der Waals surface area contributed by atoms with Crippen molar-refractivity contribution in [2.75, 3.05) is 14.2 Å². The normalized spacial score (nSPS) is 11.2. The van der Waals surface area contributed by atoms with E-state index in [0.717, 1.165) is 22.6 Å². The van der Waals surface area contributed by atoms with Crippen LogP contribution in [0, 0.1) is 0 Å². The molecule has 0 unspecified atom stereocenters. The topological polar surface area (TPSA) is 38.7 Å². The summed E-state index contributed by atoms with van der Waals surface area (Å²) in [6.07, 6.45) is 0. The van der Waals surface area contributed by atoms with Crippen molar-refractivity contribution in [1.82, 2.24) is 0 Å². The van der Waals surface area contributed by atoms with Gasteiger partial charge in [-0.25, -0.2) is 0 Å². The van der Waals surface area contributed by atoms with Crippen molar-refractivity contribution in [3.05, 3.63) is 59.7 Å². The molecule has 0 saturated carbocycles. The van der Waals surface area contributed by atoms with Crippen LogP contribution < -0.4 is 9.47 Å². The number of benzene rings is 2. The molecule has 0 heterocycles. The van der Waals surface area contributed by atoms with Crippen LogP contribution in [-0.4, -0.2) is 19.3 Å². The molecule has 0 bridgehead atoms. The number of methoxy groups -OCH3 is 2. The molecular formula is C16H18O3. The van der Waals surface area contributed by atoms with Gasteiger partial charge in [-0.3, -0.25) is 0 Å². The zero-order valence-corrected chi connectivity index (χ0v) is 11.4. The number of rotatable bonds is 4. The number of ether oxygens (including phenoxy) is 2. The van der Waals surface area contributed by atoms with Gasteiger partial charge >= 0.3 is 0 Å². The van der Waals surface area contributed by atoms with Gasteiger partial charge < -0.3 is 14.6 Å². The summed E-state index contributed by atoms with van der Waals surface area (Å²) in [5.74, 6) is 1.54. The van der Waals surface area contributed by atoms with Gasteiger partial charge in [0, 0.05) is 0 Å². The lowest BCUT2D eigenvalue weighted by Gasteiger charge is -2.25. The molecule has 0 aliphatic heterocycles. The van der Waals surface area contributed by atoms with Gasteiger partial charge in [-0.1, -0.05) is 24.3 Å². The van der Waals surface area contributed by atoms with E-state index in [0.29, 0.717) is 0 Å². The summed E-state index contributed by atoms with van der Waals surface area (Å²) in [6.45, 7) is 1.77. The second-order valence-electron chi connectivity index (χ2n) is 4.53. The Hall–Kier alpha value is -2.00. The van der Waals surface area contributed by atoms with Crippen LogP contribution >= 0.6 is 0 Å².